The van der Waals surface area contributed by atoms with Crippen molar-refractivity contribution < 1.29 is 19.1 Å². The van der Waals surface area contributed by atoms with Crippen LogP contribution in [0.3, 0.4) is 0 Å². The monoisotopic (exact) mass is 345 g/mol. The van der Waals surface area contributed by atoms with Crippen LogP contribution in [-0.2, 0) is 9.53 Å². The summed E-state index contributed by atoms with van der Waals surface area (Å²) in [5.41, 5.74) is 0.818. The predicted molar refractivity (Wildman–Crippen MR) is 90.8 cm³/mol. The Labute approximate surface area is 147 Å². The van der Waals surface area contributed by atoms with Crippen LogP contribution in [0.4, 0.5) is 4.79 Å². The summed E-state index contributed by atoms with van der Waals surface area (Å²) >= 11 is 0. The number of benzene rings is 1. The first-order valence-corrected chi connectivity index (χ1v) is 8.34. The lowest BCUT2D eigenvalue weighted by Crippen LogP contribution is -2.48. The molecule has 0 fully saturated rings. The SMILES string of the molecule is CC(C)C[C@H](NC(=O)OC1CCOc2ccccc21)C(=O)NCC#N. The number of alkyl carbamates (subject to hydrolysis) is 1. The van der Waals surface area contributed by atoms with Crippen LogP contribution in [0.2, 0.25) is 0 Å². The van der Waals surface area contributed by atoms with Crippen molar-refractivity contribution in [1.82, 2.24) is 10.6 Å². The Morgan fingerprint density at radius 3 is 2.88 bits per heavy atom. The lowest BCUT2D eigenvalue weighted by atomic mass is 10.0. The minimum Gasteiger partial charge on any atom is -0.493 e. The van der Waals surface area contributed by atoms with Gasteiger partial charge in [-0.2, -0.15) is 5.26 Å². The van der Waals surface area contributed by atoms with Crippen molar-refractivity contribution in [3.05, 3.63) is 29.8 Å². The zero-order valence-electron chi connectivity index (χ0n) is 14.5. The quantitative estimate of drug-likeness (QED) is 0.771. The molecule has 25 heavy (non-hydrogen) atoms. The van der Waals surface area contributed by atoms with E-state index in [2.05, 4.69) is 10.6 Å². The van der Waals surface area contributed by atoms with Gasteiger partial charge in [-0.25, -0.2) is 4.79 Å². The Bertz CT molecular complexity index is 654. The Balaban J connectivity index is 1.99. The molecule has 0 bridgehead atoms. The first-order valence-electron chi connectivity index (χ1n) is 8.34. The predicted octanol–water partition coefficient (Wildman–Crippen LogP) is 2.29. The van der Waals surface area contributed by atoms with Gasteiger partial charge in [0.15, 0.2) is 0 Å². The molecule has 2 N–H and O–H groups in total. The molecule has 0 aliphatic carbocycles. The zero-order valence-corrected chi connectivity index (χ0v) is 14.5. The third-order valence-corrected chi connectivity index (χ3v) is 3.81. The van der Waals surface area contributed by atoms with Gasteiger partial charge in [0.25, 0.3) is 0 Å². The van der Waals surface area contributed by atoms with Crippen molar-refractivity contribution in [2.45, 2.75) is 38.8 Å². The average Bonchev–Trinajstić information content (AvgIpc) is 2.59. The summed E-state index contributed by atoms with van der Waals surface area (Å²) in [6, 6.07) is 8.52. The van der Waals surface area contributed by atoms with E-state index >= 15 is 0 Å². The highest BCUT2D eigenvalue weighted by Gasteiger charge is 2.27. The summed E-state index contributed by atoms with van der Waals surface area (Å²) in [6.07, 6.45) is -0.0531. The molecule has 0 radical (unpaired) electrons. The van der Waals surface area contributed by atoms with Crippen molar-refractivity contribution in [2.24, 2.45) is 5.92 Å². The zero-order chi connectivity index (χ0) is 18.2. The average molecular weight is 345 g/mol. The molecular formula is C18H23N3O4. The molecule has 7 heteroatoms. The van der Waals surface area contributed by atoms with Crippen molar-refractivity contribution >= 4 is 12.0 Å². The number of para-hydroxylation sites is 1. The summed E-state index contributed by atoms with van der Waals surface area (Å²) in [5, 5.41) is 13.7. The van der Waals surface area contributed by atoms with Gasteiger partial charge in [0, 0.05) is 12.0 Å². The number of hydrogen-bond acceptors (Lipinski definition) is 5. The fraction of sp³-hybridized carbons (Fsp3) is 0.500. The number of rotatable bonds is 6. The highest BCUT2D eigenvalue weighted by molar-refractivity contribution is 5.85. The number of carbonyl (C=O) groups is 2. The van der Waals surface area contributed by atoms with Crippen LogP contribution < -0.4 is 15.4 Å². The van der Waals surface area contributed by atoms with E-state index in [9.17, 15) is 9.59 Å². The molecule has 1 aromatic carbocycles. The third-order valence-electron chi connectivity index (χ3n) is 3.81. The Morgan fingerprint density at radius 2 is 2.16 bits per heavy atom. The smallest absolute Gasteiger partial charge is 0.408 e. The van der Waals surface area contributed by atoms with Crippen molar-refractivity contribution in [1.29, 1.82) is 5.26 Å². The van der Waals surface area contributed by atoms with E-state index in [0.717, 1.165) is 5.56 Å². The number of hydrogen-bond donors (Lipinski definition) is 2. The Morgan fingerprint density at radius 1 is 1.40 bits per heavy atom. The molecule has 2 amide bonds. The molecule has 2 rings (SSSR count). The molecule has 1 unspecified atom stereocenters. The largest absolute Gasteiger partial charge is 0.493 e. The molecule has 2 atom stereocenters. The molecule has 7 nitrogen and oxygen atoms in total. The van der Waals surface area contributed by atoms with Crippen LogP contribution in [0.5, 0.6) is 5.75 Å². The van der Waals surface area contributed by atoms with Gasteiger partial charge in [-0.15, -0.1) is 0 Å². The van der Waals surface area contributed by atoms with Gasteiger partial charge in [0.1, 0.15) is 24.4 Å². The van der Waals surface area contributed by atoms with Crippen LogP contribution in [0.15, 0.2) is 24.3 Å². The normalized spacial score (nSPS) is 16.8. The van der Waals surface area contributed by atoms with E-state index in [1.807, 2.05) is 44.2 Å². The minimum absolute atomic E-state index is 0.0997. The summed E-state index contributed by atoms with van der Waals surface area (Å²) in [4.78, 5) is 24.4. The number of amides is 2. The molecule has 1 heterocycles. The maximum atomic E-state index is 12.3. The highest BCUT2D eigenvalue weighted by Crippen LogP contribution is 2.34. The maximum absolute atomic E-state index is 12.3. The molecule has 0 aromatic heterocycles. The Kier molecular flexibility index (Phi) is 6.63. The fourth-order valence-electron chi connectivity index (χ4n) is 2.69. The molecule has 1 aliphatic heterocycles. The van der Waals surface area contributed by atoms with Crippen LogP contribution >= 0.6 is 0 Å². The van der Waals surface area contributed by atoms with Gasteiger partial charge in [-0.05, 0) is 18.4 Å². The molecule has 1 aromatic rings. The van der Waals surface area contributed by atoms with Gasteiger partial charge in [0.05, 0.1) is 12.7 Å². The minimum atomic E-state index is -0.740. The van der Waals surface area contributed by atoms with E-state index in [1.54, 1.807) is 0 Å². The Hall–Kier alpha value is -2.75. The molecule has 0 saturated heterocycles. The van der Waals surface area contributed by atoms with Crippen LogP contribution in [-0.4, -0.2) is 31.2 Å². The standard InChI is InChI=1S/C18H23N3O4/c1-12(2)11-14(17(22)20-9-8-19)21-18(23)25-16-7-10-24-15-6-4-3-5-13(15)16/h3-6,12,14,16H,7,9-11H2,1-2H3,(H,20,22)(H,21,23)/t14-,16?/m0/s1. The van der Waals surface area contributed by atoms with Gasteiger partial charge in [0.2, 0.25) is 5.91 Å². The van der Waals surface area contributed by atoms with E-state index in [0.29, 0.717) is 25.2 Å². The van der Waals surface area contributed by atoms with E-state index in [4.69, 9.17) is 14.7 Å². The topological polar surface area (TPSA) is 100 Å². The summed E-state index contributed by atoms with van der Waals surface area (Å²) in [5.74, 6) is 0.513. The molecule has 1 aliphatic rings. The van der Waals surface area contributed by atoms with Crippen LogP contribution in [0, 0.1) is 17.2 Å². The first-order chi connectivity index (χ1) is 12.0. The molecular weight excluding hydrogens is 322 g/mol. The van der Waals surface area contributed by atoms with Gasteiger partial charge < -0.3 is 20.1 Å². The highest BCUT2D eigenvalue weighted by atomic mass is 16.6. The van der Waals surface area contributed by atoms with Crippen molar-refractivity contribution in [3.63, 3.8) is 0 Å². The lowest BCUT2D eigenvalue weighted by Gasteiger charge is -2.27. The number of ether oxygens (including phenoxy) is 2. The summed E-state index contributed by atoms with van der Waals surface area (Å²) in [7, 11) is 0. The van der Waals surface area contributed by atoms with E-state index < -0.39 is 18.2 Å². The van der Waals surface area contributed by atoms with Gasteiger partial charge >= 0.3 is 6.09 Å². The first kappa shape index (κ1) is 18.6. The number of carbonyl (C=O) groups excluding carboxylic acids is 2. The number of fused-ring (bicyclic) bond motifs is 1. The number of nitrogens with zero attached hydrogens (tertiary/aromatic N) is 1. The summed E-state index contributed by atoms with van der Waals surface area (Å²) in [6.45, 7) is 4.27. The second-order valence-electron chi connectivity index (χ2n) is 6.27. The lowest BCUT2D eigenvalue weighted by molar-refractivity contribution is -0.123. The van der Waals surface area contributed by atoms with Gasteiger partial charge in [-0.1, -0.05) is 32.0 Å². The molecule has 0 saturated carbocycles. The van der Waals surface area contributed by atoms with E-state index in [1.165, 1.54) is 0 Å². The maximum Gasteiger partial charge on any atom is 0.408 e. The van der Waals surface area contributed by atoms with Crippen molar-refractivity contribution in [3.8, 4) is 11.8 Å². The van der Waals surface area contributed by atoms with Gasteiger partial charge in [-0.3, -0.25) is 4.79 Å². The fourth-order valence-corrected chi connectivity index (χ4v) is 2.69. The van der Waals surface area contributed by atoms with Crippen LogP contribution in [0.25, 0.3) is 0 Å². The summed E-state index contributed by atoms with van der Waals surface area (Å²) < 4.78 is 11.1. The third kappa shape index (κ3) is 5.38. The van der Waals surface area contributed by atoms with Crippen molar-refractivity contribution in [2.75, 3.05) is 13.2 Å². The second-order valence-corrected chi connectivity index (χ2v) is 6.27. The number of nitriles is 1. The molecule has 0 spiro atoms. The molecule has 134 valence electrons. The van der Waals surface area contributed by atoms with Crippen LogP contribution in [0.1, 0.15) is 38.4 Å². The van der Waals surface area contributed by atoms with E-state index in [-0.39, 0.29) is 18.4 Å². The number of nitrogens with one attached hydrogen (secondary N) is 2. The second kappa shape index (κ2) is 8.92.